The molecule has 0 radical (unpaired) electrons. The van der Waals surface area contributed by atoms with Crippen LogP contribution in [-0.4, -0.2) is 49.0 Å². The van der Waals surface area contributed by atoms with Crippen LogP contribution < -0.4 is 11.1 Å². The second-order valence-electron chi connectivity index (χ2n) is 5.23. The van der Waals surface area contributed by atoms with Gasteiger partial charge in [0, 0.05) is 25.2 Å². The van der Waals surface area contributed by atoms with Gasteiger partial charge in [-0.1, -0.05) is 12.1 Å². The Labute approximate surface area is 134 Å². The molecule has 0 spiro atoms. The number of esters is 1. The van der Waals surface area contributed by atoms with Gasteiger partial charge in [-0.15, -0.1) is 0 Å². The highest BCUT2D eigenvalue weighted by Crippen LogP contribution is 2.11. The number of rotatable bonds is 4. The van der Waals surface area contributed by atoms with E-state index in [1.165, 1.54) is 13.2 Å². The standard InChI is InChI=1S/C16H19N3O4/c1-23-15(21)12-5-2-11(3-6-12)4-7-14(20)19-9-8-13(10-19)18-16(17)22/h2-7,13H,8-10H2,1H3,(H3,17,18,22)/b7-4+. The molecule has 3 amide bonds. The lowest BCUT2D eigenvalue weighted by Gasteiger charge is -2.14. The number of carbonyl (C=O) groups excluding carboxylic acids is 3. The molecule has 2 rings (SSSR count). The second-order valence-corrected chi connectivity index (χ2v) is 5.23. The molecule has 0 saturated carbocycles. The largest absolute Gasteiger partial charge is 0.465 e. The Morgan fingerprint density at radius 1 is 1.30 bits per heavy atom. The smallest absolute Gasteiger partial charge is 0.337 e. The summed E-state index contributed by atoms with van der Waals surface area (Å²) < 4.78 is 4.62. The average molecular weight is 317 g/mol. The third-order valence-electron chi connectivity index (χ3n) is 3.60. The number of nitrogens with zero attached hydrogens (tertiary/aromatic N) is 1. The lowest BCUT2D eigenvalue weighted by molar-refractivity contribution is -0.125. The number of urea groups is 1. The molecule has 1 saturated heterocycles. The molecule has 1 atom stereocenters. The van der Waals surface area contributed by atoms with Crippen LogP contribution in [0.15, 0.2) is 30.3 Å². The fourth-order valence-electron chi connectivity index (χ4n) is 2.40. The molecule has 0 aliphatic carbocycles. The Hall–Kier alpha value is -2.83. The lowest BCUT2D eigenvalue weighted by Crippen LogP contribution is -2.40. The van der Waals surface area contributed by atoms with Crippen LogP contribution in [-0.2, 0) is 9.53 Å². The number of primary amides is 1. The van der Waals surface area contributed by atoms with Gasteiger partial charge >= 0.3 is 12.0 Å². The highest BCUT2D eigenvalue weighted by atomic mass is 16.5. The lowest BCUT2D eigenvalue weighted by atomic mass is 10.1. The number of nitrogens with one attached hydrogen (secondary N) is 1. The molecule has 1 unspecified atom stereocenters. The minimum atomic E-state index is -0.578. The first-order valence-corrected chi connectivity index (χ1v) is 7.21. The Morgan fingerprint density at radius 2 is 2.00 bits per heavy atom. The molecule has 3 N–H and O–H groups in total. The predicted octanol–water partition coefficient (Wildman–Crippen LogP) is 0.756. The maximum atomic E-state index is 12.1. The zero-order chi connectivity index (χ0) is 16.8. The highest BCUT2D eigenvalue weighted by molar-refractivity contribution is 5.92. The van der Waals surface area contributed by atoms with Crippen LogP contribution in [0.25, 0.3) is 6.08 Å². The molecule has 0 bridgehead atoms. The van der Waals surface area contributed by atoms with E-state index in [0.717, 1.165) is 5.56 Å². The summed E-state index contributed by atoms with van der Waals surface area (Å²) in [5.74, 6) is -0.530. The Balaban J connectivity index is 1.91. The van der Waals surface area contributed by atoms with Crippen molar-refractivity contribution < 1.29 is 19.1 Å². The number of nitrogens with two attached hydrogens (primary N) is 1. The predicted molar refractivity (Wildman–Crippen MR) is 84.5 cm³/mol. The van der Waals surface area contributed by atoms with Crippen molar-refractivity contribution in [2.24, 2.45) is 5.73 Å². The molecular weight excluding hydrogens is 298 g/mol. The first-order valence-electron chi connectivity index (χ1n) is 7.21. The van der Waals surface area contributed by atoms with Crippen molar-refractivity contribution in [1.82, 2.24) is 10.2 Å². The number of hydrogen-bond acceptors (Lipinski definition) is 4. The van der Waals surface area contributed by atoms with Crippen LogP contribution >= 0.6 is 0 Å². The monoisotopic (exact) mass is 317 g/mol. The van der Waals surface area contributed by atoms with Gasteiger partial charge in [-0.2, -0.15) is 0 Å². The van der Waals surface area contributed by atoms with Crippen LogP contribution in [0.4, 0.5) is 4.79 Å². The van der Waals surface area contributed by atoms with E-state index in [2.05, 4.69) is 10.1 Å². The van der Waals surface area contributed by atoms with E-state index in [1.807, 2.05) is 0 Å². The summed E-state index contributed by atoms with van der Waals surface area (Å²) in [6.45, 7) is 1.03. The topological polar surface area (TPSA) is 102 Å². The van der Waals surface area contributed by atoms with Crippen LogP contribution in [0, 0.1) is 0 Å². The summed E-state index contributed by atoms with van der Waals surface area (Å²) >= 11 is 0. The average Bonchev–Trinajstić information content (AvgIpc) is 3.00. The summed E-state index contributed by atoms with van der Waals surface area (Å²) in [7, 11) is 1.32. The Kier molecular flexibility index (Phi) is 5.35. The van der Waals surface area contributed by atoms with E-state index in [-0.39, 0.29) is 11.9 Å². The van der Waals surface area contributed by atoms with Crippen LogP contribution in [0.1, 0.15) is 22.3 Å². The van der Waals surface area contributed by atoms with E-state index in [1.54, 1.807) is 35.2 Å². The number of benzene rings is 1. The number of hydrogen-bond donors (Lipinski definition) is 2. The summed E-state index contributed by atoms with van der Waals surface area (Å²) in [5.41, 5.74) is 6.33. The summed E-state index contributed by atoms with van der Waals surface area (Å²) in [6, 6.07) is 6.07. The number of likely N-dealkylation sites (tertiary alicyclic amines) is 1. The van der Waals surface area contributed by atoms with Crippen molar-refractivity contribution in [3.05, 3.63) is 41.5 Å². The van der Waals surface area contributed by atoms with Gasteiger partial charge in [-0.05, 0) is 30.2 Å². The van der Waals surface area contributed by atoms with Gasteiger partial charge in [0.1, 0.15) is 0 Å². The van der Waals surface area contributed by atoms with Gasteiger partial charge in [-0.3, -0.25) is 4.79 Å². The molecule has 1 aromatic carbocycles. The summed E-state index contributed by atoms with van der Waals surface area (Å²) in [4.78, 5) is 35.9. The van der Waals surface area contributed by atoms with Crippen molar-refractivity contribution >= 4 is 24.0 Å². The number of amides is 3. The van der Waals surface area contributed by atoms with E-state index in [4.69, 9.17) is 5.73 Å². The molecule has 1 aliphatic heterocycles. The third kappa shape index (κ3) is 4.57. The van der Waals surface area contributed by atoms with Crippen molar-refractivity contribution in [2.75, 3.05) is 20.2 Å². The van der Waals surface area contributed by atoms with Gasteiger partial charge in [-0.25, -0.2) is 9.59 Å². The normalized spacial score (nSPS) is 17.3. The van der Waals surface area contributed by atoms with E-state index < -0.39 is 12.0 Å². The second kappa shape index (κ2) is 7.44. The van der Waals surface area contributed by atoms with Gasteiger partial charge in [0.15, 0.2) is 0 Å². The summed E-state index contributed by atoms with van der Waals surface area (Å²) in [6.07, 6.45) is 3.84. The summed E-state index contributed by atoms with van der Waals surface area (Å²) in [5, 5.41) is 2.60. The Morgan fingerprint density at radius 3 is 2.61 bits per heavy atom. The van der Waals surface area contributed by atoms with E-state index in [0.29, 0.717) is 25.1 Å². The number of ether oxygens (including phenoxy) is 1. The SMILES string of the molecule is COC(=O)c1ccc(/C=C/C(=O)N2CCC(NC(N)=O)C2)cc1. The van der Waals surface area contributed by atoms with Crippen molar-refractivity contribution in [3.63, 3.8) is 0 Å². The van der Waals surface area contributed by atoms with Crippen molar-refractivity contribution in [1.29, 1.82) is 0 Å². The first kappa shape index (κ1) is 16.5. The fourth-order valence-corrected chi connectivity index (χ4v) is 2.40. The molecule has 1 heterocycles. The van der Waals surface area contributed by atoms with E-state index >= 15 is 0 Å². The van der Waals surface area contributed by atoms with Crippen molar-refractivity contribution in [2.45, 2.75) is 12.5 Å². The molecule has 23 heavy (non-hydrogen) atoms. The zero-order valence-corrected chi connectivity index (χ0v) is 12.8. The molecule has 7 heteroatoms. The zero-order valence-electron chi connectivity index (χ0n) is 12.8. The molecule has 122 valence electrons. The van der Waals surface area contributed by atoms with Gasteiger partial charge in [0.2, 0.25) is 5.91 Å². The highest BCUT2D eigenvalue weighted by Gasteiger charge is 2.25. The molecular formula is C16H19N3O4. The Bertz CT molecular complexity index is 625. The minimum Gasteiger partial charge on any atom is -0.465 e. The number of carbonyl (C=O) groups is 3. The van der Waals surface area contributed by atoms with Gasteiger partial charge < -0.3 is 20.7 Å². The minimum absolute atomic E-state index is 0.0933. The molecule has 0 aromatic heterocycles. The molecule has 1 aliphatic rings. The van der Waals surface area contributed by atoms with Gasteiger partial charge in [0.05, 0.1) is 12.7 Å². The first-order chi connectivity index (χ1) is 11.0. The fraction of sp³-hybridized carbons (Fsp3) is 0.312. The van der Waals surface area contributed by atoms with Crippen LogP contribution in [0.2, 0.25) is 0 Å². The maximum absolute atomic E-state index is 12.1. The molecule has 7 nitrogen and oxygen atoms in total. The van der Waals surface area contributed by atoms with Crippen LogP contribution in [0.3, 0.4) is 0 Å². The van der Waals surface area contributed by atoms with Crippen molar-refractivity contribution in [3.8, 4) is 0 Å². The van der Waals surface area contributed by atoms with E-state index in [9.17, 15) is 14.4 Å². The molecule has 1 fully saturated rings. The third-order valence-corrected chi connectivity index (χ3v) is 3.60. The van der Waals surface area contributed by atoms with Crippen LogP contribution in [0.5, 0.6) is 0 Å². The number of methoxy groups -OCH3 is 1. The maximum Gasteiger partial charge on any atom is 0.337 e. The van der Waals surface area contributed by atoms with Gasteiger partial charge in [0.25, 0.3) is 0 Å². The molecule has 1 aromatic rings. The quantitative estimate of drug-likeness (QED) is 0.632.